The molecule has 1 fully saturated rings. The van der Waals surface area contributed by atoms with Crippen LogP contribution in [0.2, 0.25) is 0 Å². The highest BCUT2D eigenvalue weighted by Gasteiger charge is 2.34. The van der Waals surface area contributed by atoms with Crippen LogP contribution in [0.15, 0.2) is 77.7 Å². The first-order valence-electron chi connectivity index (χ1n) is 14.6. The molecule has 2 amide bonds. The van der Waals surface area contributed by atoms with Crippen molar-refractivity contribution in [3.63, 3.8) is 0 Å². The molecule has 0 aromatic heterocycles. The van der Waals surface area contributed by atoms with E-state index in [1.54, 1.807) is 43.3 Å². The Kier molecular flexibility index (Phi) is 10.3. The average Bonchev–Trinajstić information content (AvgIpc) is 3.49. The second kappa shape index (κ2) is 13.9. The Morgan fingerprint density at radius 2 is 1.60 bits per heavy atom. The molecule has 3 aromatic rings. The van der Waals surface area contributed by atoms with Gasteiger partial charge in [-0.05, 0) is 75.9 Å². The van der Waals surface area contributed by atoms with Crippen LogP contribution in [-0.4, -0.2) is 50.4 Å². The Balaban J connectivity index is 1.73. The van der Waals surface area contributed by atoms with E-state index >= 15 is 0 Å². The van der Waals surface area contributed by atoms with Gasteiger partial charge in [0, 0.05) is 12.6 Å². The van der Waals surface area contributed by atoms with Crippen LogP contribution in [0.25, 0.3) is 0 Å². The van der Waals surface area contributed by atoms with Gasteiger partial charge in [-0.15, -0.1) is 0 Å². The Bertz CT molecular complexity index is 1480. The third-order valence-corrected chi connectivity index (χ3v) is 9.57. The number of aryl methyl sites for hydroxylation is 2. The maximum atomic E-state index is 14.2. The fraction of sp³-hybridized carbons (Fsp3) is 0.394. The Hall–Kier alpha value is -3.85. The average molecular weight is 592 g/mol. The largest absolute Gasteiger partial charge is 0.492 e. The van der Waals surface area contributed by atoms with E-state index in [1.165, 1.54) is 17.0 Å². The van der Waals surface area contributed by atoms with E-state index in [0.29, 0.717) is 12.4 Å². The number of para-hydroxylation sites is 2. The number of nitrogens with one attached hydrogen (secondary N) is 1. The van der Waals surface area contributed by atoms with Gasteiger partial charge in [0.2, 0.25) is 11.8 Å². The lowest BCUT2D eigenvalue weighted by Gasteiger charge is -2.33. The molecule has 1 N–H and O–H groups in total. The Labute approximate surface area is 249 Å². The third kappa shape index (κ3) is 7.31. The lowest BCUT2D eigenvalue weighted by Crippen LogP contribution is -2.52. The van der Waals surface area contributed by atoms with Crippen molar-refractivity contribution in [3.05, 3.63) is 89.5 Å². The van der Waals surface area contributed by atoms with E-state index in [-0.39, 0.29) is 29.1 Å². The molecular formula is C33H41N3O5S. The smallest absolute Gasteiger partial charge is 0.264 e. The van der Waals surface area contributed by atoms with Crippen LogP contribution < -0.4 is 14.4 Å². The second-order valence-corrected chi connectivity index (χ2v) is 12.7. The molecule has 0 spiro atoms. The van der Waals surface area contributed by atoms with Gasteiger partial charge in [-0.3, -0.25) is 13.9 Å². The van der Waals surface area contributed by atoms with Gasteiger partial charge in [0.1, 0.15) is 18.3 Å². The summed E-state index contributed by atoms with van der Waals surface area (Å²) >= 11 is 0. The molecule has 0 heterocycles. The van der Waals surface area contributed by atoms with Crippen molar-refractivity contribution in [1.82, 2.24) is 10.2 Å². The molecule has 1 atom stereocenters. The summed E-state index contributed by atoms with van der Waals surface area (Å²) < 4.78 is 35.1. The molecule has 224 valence electrons. The van der Waals surface area contributed by atoms with Crippen molar-refractivity contribution >= 4 is 27.5 Å². The number of sulfonamides is 1. The maximum absolute atomic E-state index is 14.2. The number of hydrogen-bond acceptors (Lipinski definition) is 5. The minimum absolute atomic E-state index is 0.0599. The van der Waals surface area contributed by atoms with Crippen molar-refractivity contribution in [1.29, 1.82) is 0 Å². The van der Waals surface area contributed by atoms with E-state index in [1.807, 2.05) is 45.0 Å². The standard InChI is InChI=1S/C33H41N3O5S/c1-5-41-31-17-11-10-16-30(31)36(42(39,40)29-20-18-24(2)19-21-29)23-32(37)35(22-27-13-7-6-12-25(27)3)26(4)33(38)34-28-14-8-9-15-28/h6-7,10-13,16-21,26,28H,5,8-9,14-15,22-23H2,1-4H3,(H,34,38)/t26-/m0/s1. The number of rotatable bonds is 12. The van der Waals surface area contributed by atoms with Gasteiger partial charge in [0.25, 0.3) is 10.0 Å². The molecule has 0 aliphatic heterocycles. The fourth-order valence-electron chi connectivity index (χ4n) is 5.24. The molecule has 4 rings (SSSR count). The lowest BCUT2D eigenvalue weighted by molar-refractivity contribution is -0.139. The molecule has 42 heavy (non-hydrogen) atoms. The first kappa shape index (κ1) is 31.1. The zero-order valence-electron chi connectivity index (χ0n) is 24.9. The van der Waals surface area contributed by atoms with Crippen molar-refractivity contribution in [2.45, 2.75) is 76.9 Å². The number of benzene rings is 3. The van der Waals surface area contributed by atoms with Crippen molar-refractivity contribution < 1.29 is 22.7 Å². The van der Waals surface area contributed by atoms with E-state index < -0.39 is 28.5 Å². The second-order valence-electron chi connectivity index (χ2n) is 10.8. The van der Waals surface area contributed by atoms with Gasteiger partial charge < -0.3 is 15.0 Å². The Morgan fingerprint density at radius 1 is 0.952 bits per heavy atom. The fourth-order valence-corrected chi connectivity index (χ4v) is 6.66. The highest BCUT2D eigenvalue weighted by molar-refractivity contribution is 7.92. The number of ether oxygens (including phenoxy) is 1. The number of anilines is 1. The first-order chi connectivity index (χ1) is 20.1. The number of carbonyl (C=O) groups is 2. The molecule has 1 saturated carbocycles. The predicted molar refractivity (Wildman–Crippen MR) is 165 cm³/mol. The van der Waals surface area contributed by atoms with E-state index in [9.17, 15) is 18.0 Å². The molecule has 8 nitrogen and oxygen atoms in total. The quantitative estimate of drug-likeness (QED) is 0.305. The molecule has 1 aliphatic rings. The van der Waals surface area contributed by atoms with E-state index in [2.05, 4.69) is 5.32 Å². The monoisotopic (exact) mass is 591 g/mol. The summed E-state index contributed by atoms with van der Waals surface area (Å²) in [5.41, 5.74) is 3.03. The third-order valence-electron chi connectivity index (χ3n) is 7.79. The van der Waals surface area contributed by atoms with Gasteiger partial charge in [-0.2, -0.15) is 0 Å². The number of nitrogens with zero attached hydrogens (tertiary/aromatic N) is 2. The summed E-state index contributed by atoms with van der Waals surface area (Å²) in [5.74, 6) is -0.387. The maximum Gasteiger partial charge on any atom is 0.264 e. The molecule has 0 saturated heterocycles. The highest BCUT2D eigenvalue weighted by atomic mass is 32.2. The van der Waals surface area contributed by atoms with Crippen LogP contribution in [0.3, 0.4) is 0 Å². The molecule has 1 aliphatic carbocycles. The summed E-state index contributed by atoms with van der Waals surface area (Å²) in [6.07, 6.45) is 3.97. The summed E-state index contributed by atoms with van der Waals surface area (Å²) in [4.78, 5) is 29.2. The summed E-state index contributed by atoms with van der Waals surface area (Å²) in [7, 11) is -4.18. The van der Waals surface area contributed by atoms with Gasteiger partial charge >= 0.3 is 0 Å². The van der Waals surface area contributed by atoms with Gasteiger partial charge in [0.05, 0.1) is 17.2 Å². The van der Waals surface area contributed by atoms with Crippen LogP contribution in [0.5, 0.6) is 5.75 Å². The number of carbonyl (C=O) groups excluding carboxylic acids is 2. The summed E-state index contributed by atoms with van der Waals surface area (Å²) in [6.45, 7) is 7.32. The molecular weight excluding hydrogens is 550 g/mol. The van der Waals surface area contributed by atoms with Crippen LogP contribution in [0.4, 0.5) is 5.69 Å². The number of amides is 2. The zero-order valence-corrected chi connectivity index (χ0v) is 25.7. The van der Waals surface area contributed by atoms with Crippen LogP contribution in [0, 0.1) is 13.8 Å². The van der Waals surface area contributed by atoms with Crippen molar-refractivity contribution in [2.75, 3.05) is 17.5 Å². The zero-order chi connectivity index (χ0) is 30.3. The van der Waals surface area contributed by atoms with E-state index in [0.717, 1.165) is 46.7 Å². The summed E-state index contributed by atoms with van der Waals surface area (Å²) in [5, 5.41) is 3.10. The molecule has 3 aromatic carbocycles. The van der Waals surface area contributed by atoms with Crippen LogP contribution >= 0.6 is 0 Å². The van der Waals surface area contributed by atoms with E-state index in [4.69, 9.17) is 4.74 Å². The van der Waals surface area contributed by atoms with Crippen molar-refractivity contribution in [2.24, 2.45) is 0 Å². The Morgan fingerprint density at radius 3 is 2.26 bits per heavy atom. The van der Waals surface area contributed by atoms with Gasteiger partial charge in [-0.25, -0.2) is 8.42 Å². The minimum atomic E-state index is -4.18. The van der Waals surface area contributed by atoms with Gasteiger partial charge in [0.15, 0.2) is 0 Å². The number of hydrogen-bond donors (Lipinski definition) is 1. The highest BCUT2D eigenvalue weighted by Crippen LogP contribution is 2.33. The topological polar surface area (TPSA) is 96.0 Å². The summed E-state index contributed by atoms with van der Waals surface area (Å²) in [6, 6.07) is 20.3. The lowest BCUT2D eigenvalue weighted by atomic mass is 10.1. The normalized spacial score (nSPS) is 14.3. The minimum Gasteiger partial charge on any atom is -0.492 e. The van der Waals surface area contributed by atoms with Crippen LogP contribution in [0.1, 0.15) is 56.2 Å². The van der Waals surface area contributed by atoms with Crippen LogP contribution in [-0.2, 0) is 26.2 Å². The first-order valence-corrected chi connectivity index (χ1v) is 16.0. The molecule has 0 bridgehead atoms. The van der Waals surface area contributed by atoms with Gasteiger partial charge in [-0.1, -0.05) is 66.9 Å². The molecule has 9 heteroatoms. The predicted octanol–water partition coefficient (Wildman–Crippen LogP) is 5.37. The SMILES string of the molecule is CCOc1ccccc1N(CC(=O)N(Cc1ccccc1C)[C@@H](C)C(=O)NC1CCCC1)S(=O)(=O)c1ccc(C)cc1. The molecule has 0 radical (unpaired) electrons. The van der Waals surface area contributed by atoms with Crippen molar-refractivity contribution in [3.8, 4) is 5.75 Å². The molecule has 0 unspecified atom stereocenters.